The number of pyridine rings is 1. The van der Waals surface area contributed by atoms with Gasteiger partial charge < -0.3 is 24.3 Å². The first-order valence-corrected chi connectivity index (χ1v) is 11.3. The van der Waals surface area contributed by atoms with Crippen LogP contribution >= 0.6 is 11.6 Å². The van der Waals surface area contributed by atoms with Gasteiger partial charge in [0, 0.05) is 29.7 Å². The fourth-order valence-electron chi connectivity index (χ4n) is 3.10. The minimum atomic E-state index is -0.348. The highest BCUT2D eigenvalue weighted by Gasteiger charge is 2.17. The Morgan fingerprint density at radius 3 is 2.38 bits per heavy atom. The summed E-state index contributed by atoms with van der Waals surface area (Å²) >= 11 is 6.41. The van der Waals surface area contributed by atoms with Gasteiger partial charge in [0.15, 0.2) is 23.0 Å². The zero-order valence-corrected chi connectivity index (χ0v) is 20.5. The standard InChI is InChI=1S/C26H29ClN2O5/c1-17(2)9-12-33-25-21(27)13-19(14-24(25)32-4)26(30)29-20-5-6-22(31-3)23(15-20)34-16-18-7-10-28-11-8-18/h5-8,10-11,13-15,17H,9,12,16H2,1-4H3,(H,29,30). The topological polar surface area (TPSA) is 78.9 Å². The van der Waals surface area contributed by atoms with Crippen molar-refractivity contribution in [2.45, 2.75) is 26.9 Å². The largest absolute Gasteiger partial charge is 0.493 e. The van der Waals surface area contributed by atoms with Crippen molar-refractivity contribution in [1.29, 1.82) is 0 Å². The van der Waals surface area contributed by atoms with Gasteiger partial charge in [0.2, 0.25) is 0 Å². The second-order valence-corrected chi connectivity index (χ2v) is 8.39. The number of aromatic nitrogens is 1. The fourth-order valence-corrected chi connectivity index (χ4v) is 3.36. The Hall–Kier alpha value is -3.45. The smallest absolute Gasteiger partial charge is 0.255 e. The van der Waals surface area contributed by atoms with E-state index in [4.69, 9.17) is 30.5 Å². The van der Waals surface area contributed by atoms with Crippen molar-refractivity contribution in [3.05, 3.63) is 71.0 Å². The summed E-state index contributed by atoms with van der Waals surface area (Å²) in [5.41, 5.74) is 1.85. The summed E-state index contributed by atoms with van der Waals surface area (Å²) in [5, 5.41) is 3.17. The van der Waals surface area contributed by atoms with Crippen LogP contribution in [0.15, 0.2) is 54.9 Å². The molecule has 0 unspecified atom stereocenters. The quantitative estimate of drug-likeness (QED) is 0.359. The van der Waals surface area contributed by atoms with E-state index >= 15 is 0 Å². The maximum atomic E-state index is 12.9. The van der Waals surface area contributed by atoms with Crippen LogP contribution < -0.4 is 24.3 Å². The second-order valence-electron chi connectivity index (χ2n) is 7.98. The Bertz CT molecular complexity index is 1110. The fraction of sp³-hybridized carbons (Fsp3) is 0.308. The highest BCUT2D eigenvalue weighted by Crippen LogP contribution is 2.37. The average Bonchev–Trinajstić information content (AvgIpc) is 2.84. The normalized spacial score (nSPS) is 10.6. The number of hydrogen-bond donors (Lipinski definition) is 1. The minimum absolute atomic E-state index is 0.310. The van der Waals surface area contributed by atoms with Gasteiger partial charge in [-0.05, 0) is 54.3 Å². The number of hydrogen-bond acceptors (Lipinski definition) is 6. The molecule has 1 N–H and O–H groups in total. The van der Waals surface area contributed by atoms with Crippen LogP contribution in [0.5, 0.6) is 23.0 Å². The van der Waals surface area contributed by atoms with E-state index in [1.807, 2.05) is 12.1 Å². The Kier molecular flexibility index (Phi) is 8.99. The van der Waals surface area contributed by atoms with Crippen LogP contribution in [-0.4, -0.2) is 31.7 Å². The summed E-state index contributed by atoms with van der Waals surface area (Å²) in [5.74, 6) is 2.04. The molecule has 34 heavy (non-hydrogen) atoms. The number of nitrogens with one attached hydrogen (secondary N) is 1. The first kappa shape index (κ1) is 25.2. The minimum Gasteiger partial charge on any atom is -0.493 e. The summed E-state index contributed by atoms with van der Waals surface area (Å²) in [6, 6.07) is 12.1. The first-order valence-electron chi connectivity index (χ1n) is 10.9. The second kappa shape index (κ2) is 12.1. The van der Waals surface area contributed by atoms with E-state index in [0.717, 1.165) is 12.0 Å². The highest BCUT2D eigenvalue weighted by molar-refractivity contribution is 6.32. The van der Waals surface area contributed by atoms with E-state index < -0.39 is 0 Å². The molecule has 180 valence electrons. The van der Waals surface area contributed by atoms with E-state index in [0.29, 0.717) is 58.4 Å². The van der Waals surface area contributed by atoms with Crippen molar-refractivity contribution in [1.82, 2.24) is 4.98 Å². The van der Waals surface area contributed by atoms with Gasteiger partial charge in [-0.25, -0.2) is 0 Å². The van der Waals surface area contributed by atoms with E-state index in [9.17, 15) is 4.79 Å². The molecule has 3 rings (SSSR count). The molecule has 0 aliphatic carbocycles. The molecule has 0 aliphatic rings. The predicted octanol–water partition coefficient (Wildman–Crippen LogP) is 6.01. The lowest BCUT2D eigenvalue weighted by Crippen LogP contribution is -2.13. The number of rotatable bonds is 11. The number of carbonyl (C=O) groups excluding carboxylic acids is 1. The summed E-state index contributed by atoms with van der Waals surface area (Å²) in [6.45, 7) is 5.07. The van der Waals surface area contributed by atoms with Gasteiger partial charge in [0.25, 0.3) is 5.91 Å². The number of anilines is 1. The molecule has 0 fully saturated rings. The monoisotopic (exact) mass is 484 g/mol. The zero-order chi connectivity index (χ0) is 24.5. The van der Waals surface area contributed by atoms with Crippen molar-refractivity contribution >= 4 is 23.2 Å². The third kappa shape index (κ3) is 6.78. The molecule has 0 bridgehead atoms. The molecule has 0 atom stereocenters. The van der Waals surface area contributed by atoms with Gasteiger partial charge >= 0.3 is 0 Å². The van der Waals surface area contributed by atoms with Crippen molar-refractivity contribution < 1.29 is 23.7 Å². The van der Waals surface area contributed by atoms with Crippen LogP contribution in [0.25, 0.3) is 0 Å². The third-order valence-corrected chi connectivity index (χ3v) is 5.28. The average molecular weight is 485 g/mol. The van der Waals surface area contributed by atoms with E-state index in [2.05, 4.69) is 24.1 Å². The molecular weight excluding hydrogens is 456 g/mol. The van der Waals surface area contributed by atoms with Crippen LogP contribution in [0.3, 0.4) is 0 Å². The molecule has 7 nitrogen and oxygen atoms in total. The van der Waals surface area contributed by atoms with Crippen LogP contribution in [0.2, 0.25) is 5.02 Å². The molecule has 3 aromatic rings. The van der Waals surface area contributed by atoms with Crippen molar-refractivity contribution in [2.75, 3.05) is 26.1 Å². The summed E-state index contributed by atoms with van der Waals surface area (Å²) in [4.78, 5) is 17.0. The number of amides is 1. The lowest BCUT2D eigenvalue weighted by atomic mass is 10.1. The van der Waals surface area contributed by atoms with Gasteiger partial charge in [0.1, 0.15) is 6.61 Å². The van der Waals surface area contributed by atoms with Crippen LogP contribution in [0.4, 0.5) is 5.69 Å². The van der Waals surface area contributed by atoms with Crippen molar-refractivity contribution in [3.8, 4) is 23.0 Å². The summed E-state index contributed by atoms with van der Waals surface area (Å²) < 4.78 is 22.5. The molecule has 1 aromatic heterocycles. The number of carbonyl (C=O) groups is 1. The molecule has 1 amide bonds. The molecule has 0 radical (unpaired) electrons. The summed E-state index contributed by atoms with van der Waals surface area (Å²) in [7, 11) is 3.07. The van der Waals surface area contributed by atoms with Crippen LogP contribution in [-0.2, 0) is 6.61 Å². The Labute approximate surface area is 205 Å². The van der Waals surface area contributed by atoms with Gasteiger partial charge in [0.05, 0.1) is 25.8 Å². The van der Waals surface area contributed by atoms with Gasteiger partial charge in [-0.2, -0.15) is 0 Å². The SMILES string of the molecule is COc1ccc(NC(=O)c2cc(Cl)c(OCCC(C)C)c(OC)c2)cc1OCc1ccncc1. The van der Waals surface area contributed by atoms with Crippen LogP contribution in [0.1, 0.15) is 36.2 Å². The highest BCUT2D eigenvalue weighted by atomic mass is 35.5. The van der Waals surface area contributed by atoms with Gasteiger partial charge in [-0.1, -0.05) is 25.4 Å². The Balaban J connectivity index is 1.74. The lowest BCUT2D eigenvalue weighted by molar-refractivity contribution is 0.102. The maximum Gasteiger partial charge on any atom is 0.255 e. The number of halogens is 1. The molecule has 0 spiro atoms. The molecule has 8 heteroatoms. The molecule has 0 aliphatic heterocycles. The van der Waals surface area contributed by atoms with Crippen molar-refractivity contribution in [3.63, 3.8) is 0 Å². The van der Waals surface area contributed by atoms with E-state index in [-0.39, 0.29) is 5.91 Å². The molecule has 0 saturated carbocycles. The summed E-state index contributed by atoms with van der Waals surface area (Å²) in [6.07, 6.45) is 4.28. The molecule has 1 heterocycles. The van der Waals surface area contributed by atoms with E-state index in [1.165, 1.54) is 7.11 Å². The molecule has 2 aromatic carbocycles. The predicted molar refractivity (Wildman–Crippen MR) is 132 cm³/mol. The number of nitrogens with zero attached hydrogens (tertiary/aromatic N) is 1. The molecule has 0 saturated heterocycles. The van der Waals surface area contributed by atoms with Crippen LogP contribution in [0, 0.1) is 5.92 Å². The first-order chi connectivity index (χ1) is 16.4. The maximum absolute atomic E-state index is 12.9. The lowest BCUT2D eigenvalue weighted by Gasteiger charge is -2.15. The third-order valence-electron chi connectivity index (χ3n) is 5.00. The Morgan fingerprint density at radius 2 is 1.71 bits per heavy atom. The van der Waals surface area contributed by atoms with Crippen molar-refractivity contribution in [2.24, 2.45) is 5.92 Å². The zero-order valence-electron chi connectivity index (χ0n) is 19.8. The van der Waals surface area contributed by atoms with E-state index in [1.54, 1.807) is 49.8 Å². The number of methoxy groups -OCH3 is 2. The Morgan fingerprint density at radius 1 is 0.971 bits per heavy atom. The number of benzene rings is 2. The molecular formula is C26H29ClN2O5. The van der Waals surface area contributed by atoms with Gasteiger partial charge in [-0.15, -0.1) is 0 Å². The number of ether oxygens (including phenoxy) is 4. The van der Waals surface area contributed by atoms with Gasteiger partial charge in [-0.3, -0.25) is 9.78 Å².